The molecule has 0 radical (unpaired) electrons. The fourth-order valence-electron chi connectivity index (χ4n) is 9.27. The number of allylic oxidation sites excluding steroid dienone is 1. The van der Waals surface area contributed by atoms with Crippen LogP contribution >= 0.6 is 11.3 Å². The summed E-state index contributed by atoms with van der Waals surface area (Å²) < 4.78 is 5.50. The number of amides is 5. The van der Waals surface area contributed by atoms with Gasteiger partial charge in [0.25, 0.3) is 5.91 Å². The molecular formula is C56H74N6O7S. The third-order valence-corrected chi connectivity index (χ3v) is 14.4. The van der Waals surface area contributed by atoms with E-state index in [0.29, 0.717) is 43.4 Å². The SMILES string of the molecule is COc1cnc(C(=O)NCc2cccc(CC(=O)NCCCCCCCCC(=O)N[C@H](C(=O)N3C[C@H](O)C[C@H]3C(=O)NCc3ccc(-c4sccc4C)cc3)C(C)(C)C)c2)cc1/C=C/C1CCCCC1. The van der Waals surface area contributed by atoms with Gasteiger partial charge < -0.3 is 36.0 Å². The molecule has 0 unspecified atom stereocenters. The summed E-state index contributed by atoms with van der Waals surface area (Å²) in [7, 11) is 1.61. The molecule has 0 spiro atoms. The highest BCUT2D eigenvalue weighted by Gasteiger charge is 2.44. The number of methoxy groups -OCH3 is 1. The van der Waals surface area contributed by atoms with Gasteiger partial charge in [0, 0.05) is 49.5 Å². The number of rotatable bonds is 23. The van der Waals surface area contributed by atoms with E-state index in [1.807, 2.05) is 75.4 Å². The zero-order valence-electron chi connectivity index (χ0n) is 41.8. The molecule has 3 atom stereocenters. The molecular weight excluding hydrogens is 901 g/mol. The number of nitrogens with zero attached hydrogens (tertiary/aromatic N) is 2. The zero-order chi connectivity index (χ0) is 50.0. The minimum atomic E-state index is -0.865. The summed E-state index contributed by atoms with van der Waals surface area (Å²) in [6, 6.07) is 17.9. The highest BCUT2D eigenvalue weighted by molar-refractivity contribution is 7.13. The molecule has 5 amide bonds. The second-order valence-electron chi connectivity index (χ2n) is 20.1. The number of unbranched alkanes of at least 4 members (excludes halogenated alkanes) is 5. The van der Waals surface area contributed by atoms with E-state index in [-0.39, 0.29) is 55.3 Å². The molecule has 1 aliphatic heterocycles. The number of hydrogen-bond donors (Lipinski definition) is 5. The van der Waals surface area contributed by atoms with Crippen LogP contribution in [-0.2, 0) is 38.7 Å². The predicted octanol–water partition coefficient (Wildman–Crippen LogP) is 8.85. The number of pyridine rings is 1. The lowest BCUT2D eigenvalue weighted by Gasteiger charge is -2.35. The molecule has 6 rings (SSSR count). The largest absolute Gasteiger partial charge is 0.495 e. The lowest BCUT2D eigenvalue weighted by molar-refractivity contribution is -0.144. The number of β-amino-alcohol motifs (C(OH)–C–C–N with tert-alkyl or cyclic N) is 1. The first-order valence-corrected chi connectivity index (χ1v) is 26.1. The van der Waals surface area contributed by atoms with Crippen molar-refractivity contribution in [2.24, 2.45) is 11.3 Å². The van der Waals surface area contributed by atoms with Gasteiger partial charge in [-0.1, -0.05) is 126 Å². The van der Waals surface area contributed by atoms with Gasteiger partial charge in [-0.2, -0.15) is 0 Å². The zero-order valence-corrected chi connectivity index (χ0v) is 42.6. The van der Waals surface area contributed by atoms with Crippen molar-refractivity contribution < 1.29 is 33.8 Å². The van der Waals surface area contributed by atoms with Crippen LogP contribution in [0.15, 0.2) is 78.3 Å². The molecule has 3 heterocycles. The lowest BCUT2D eigenvalue weighted by Crippen LogP contribution is -2.57. The minimum absolute atomic E-state index is 0.0265. The van der Waals surface area contributed by atoms with Gasteiger partial charge in [0.2, 0.25) is 23.6 Å². The fraction of sp³-hybridized carbons (Fsp3) is 0.500. The molecule has 5 N–H and O–H groups in total. The number of carbonyl (C=O) groups excluding carboxylic acids is 5. The Morgan fingerprint density at radius 3 is 2.29 bits per heavy atom. The van der Waals surface area contributed by atoms with Gasteiger partial charge in [-0.25, -0.2) is 4.98 Å². The molecule has 1 saturated heterocycles. The summed E-state index contributed by atoms with van der Waals surface area (Å²) in [5.74, 6) is -0.0790. The predicted molar refractivity (Wildman–Crippen MR) is 277 cm³/mol. The van der Waals surface area contributed by atoms with E-state index in [1.54, 1.807) is 30.7 Å². The number of aliphatic hydroxyl groups is 1. The van der Waals surface area contributed by atoms with E-state index >= 15 is 0 Å². The molecule has 14 heteroatoms. The second-order valence-corrected chi connectivity index (χ2v) is 21.0. The van der Waals surface area contributed by atoms with Crippen molar-refractivity contribution in [3.8, 4) is 16.2 Å². The molecule has 2 aliphatic rings. The monoisotopic (exact) mass is 975 g/mol. The van der Waals surface area contributed by atoms with Crippen LogP contribution in [0.2, 0.25) is 0 Å². The highest BCUT2D eigenvalue weighted by atomic mass is 32.1. The van der Waals surface area contributed by atoms with Crippen molar-refractivity contribution in [1.29, 1.82) is 0 Å². The van der Waals surface area contributed by atoms with Gasteiger partial charge in [0.1, 0.15) is 23.5 Å². The molecule has 0 bridgehead atoms. The van der Waals surface area contributed by atoms with Crippen molar-refractivity contribution in [2.45, 2.75) is 149 Å². The van der Waals surface area contributed by atoms with Crippen molar-refractivity contribution in [3.63, 3.8) is 0 Å². The summed E-state index contributed by atoms with van der Waals surface area (Å²) in [6.07, 6.45) is 17.1. The standard InChI is InChI=1S/C56H74N6O7S/c1-38-27-29-70-51(38)43-24-22-40(23-25-43)34-60-54(67)47-33-45(63)37-62(47)55(68)52(56(2,3)4)61-49(64)20-13-8-6-7-9-14-28-57-50(65)31-41-18-15-19-42(30-41)35-59-53(66)46-32-44(48(69-5)36-58-46)26-21-39-16-11-10-12-17-39/h15,18-19,21-27,29-30,32,36,39,45,47,52,63H,6-14,16-17,20,28,31,33-35,37H2,1-5H3,(H,57,65)(H,59,66)(H,60,67)(H,61,64)/b26-21+/t45-,47+,52-/m1/s1. The Hall–Kier alpha value is -5.86. The Morgan fingerprint density at radius 1 is 0.857 bits per heavy atom. The maximum atomic E-state index is 14.0. The number of thiophene rings is 1. The molecule has 4 aromatic rings. The second kappa shape index (κ2) is 26.4. The number of ether oxygens (including phenoxy) is 1. The Morgan fingerprint density at radius 2 is 1.57 bits per heavy atom. The van der Waals surface area contributed by atoms with Crippen LogP contribution in [0.4, 0.5) is 0 Å². The average Bonchev–Trinajstić information content (AvgIpc) is 3.97. The first kappa shape index (κ1) is 53.5. The fourth-order valence-corrected chi connectivity index (χ4v) is 10.2. The van der Waals surface area contributed by atoms with Crippen LogP contribution in [0.25, 0.3) is 16.5 Å². The summed E-state index contributed by atoms with van der Waals surface area (Å²) in [5.41, 5.74) is 5.55. The van der Waals surface area contributed by atoms with Crippen LogP contribution in [0.3, 0.4) is 0 Å². The van der Waals surface area contributed by atoms with E-state index in [9.17, 15) is 29.1 Å². The van der Waals surface area contributed by atoms with Gasteiger partial charge in [0.15, 0.2) is 0 Å². The van der Waals surface area contributed by atoms with Gasteiger partial charge in [-0.3, -0.25) is 24.0 Å². The third-order valence-electron chi connectivity index (χ3n) is 13.3. The van der Waals surface area contributed by atoms with Crippen LogP contribution in [0, 0.1) is 18.3 Å². The molecule has 1 aliphatic carbocycles. The smallest absolute Gasteiger partial charge is 0.270 e. The van der Waals surface area contributed by atoms with E-state index in [2.05, 4.69) is 50.7 Å². The van der Waals surface area contributed by atoms with Crippen LogP contribution in [0.1, 0.15) is 143 Å². The lowest BCUT2D eigenvalue weighted by atomic mass is 9.85. The molecule has 2 aromatic carbocycles. The van der Waals surface area contributed by atoms with Gasteiger partial charge in [-0.05, 0) is 89.3 Å². The van der Waals surface area contributed by atoms with Crippen molar-refractivity contribution in [3.05, 3.63) is 112 Å². The molecule has 70 heavy (non-hydrogen) atoms. The normalized spacial score (nSPS) is 16.7. The average molecular weight is 975 g/mol. The molecule has 2 fully saturated rings. The molecule has 1 saturated carbocycles. The van der Waals surface area contributed by atoms with E-state index in [0.717, 1.165) is 59.9 Å². The number of aromatic nitrogens is 1. The minimum Gasteiger partial charge on any atom is -0.495 e. The van der Waals surface area contributed by atoms with E-state index in [1.165, 1.54) is 47.4 Å². The topological polar surface area (TPSA) is 179 Å². The van der Waals surface area contributed by atoms with Gasteiger partial charge >= 0.3 is 0 Å². The van der Waals surface area contributed by atoms with E-state index in [4.69, 9.17) is 4.74 Å². The number of likely N-dealkylation sites (tertiary alicyclic amines) is 1. The summed E-state index contributed by atoms with van der Waals surface area (Å²) in [4.78, 5) is 73.5. The Labute approximate surface area is 418 Å². The molecule has 2 aromatic heterocycles. The Balaban J connectivity index is 0.845. The number of aliphatic hydroxyl groups excluding tert-OH is 1. The van der Waals surface area contributed by atoms with Crippen molar-refractivity contribution in [1.82, 2.24) is 31.2 Å². The van der Waals surface area contributed by atoms with Crippen LogP contribution in [0.5, 0.6) is 5.75 Å². The van der Waals surface area contributed by atoms with Crippen LogP contribution in [-0.4, -0.2) is 82.9 Å². The van der Waals surface area contributed by atoms with Crippen LogP contribution < -0.4 is 26.0 Å². The number of benzene rings is 2. The van der Waals surface area contributed by atoms with Crippen molar-refractivity contribution >= 4 is 46.9 Å². The first-order chi connectivity index (χ1) is 33.7. The van der Waals surface area contributed by atoms with Gasteiger partial charge in [0.05, 0.1) is 25.8 Å². The highest BCUT2D eigenvalue weighted by Crippen LogP contribution is 2.31. The summed E-state index contributed by atoms with van der Waals surface area (Å²) in [5, 5.41) is 24.6. The van der Waals surface area contributed by atoms with Crippen molar-refractivity contribution in [2.75, 3.05) is 20.2 Å². The summed E-state index contributed by atoms with van der Waals surface area (Å²) >= 11 is 1.69. The Kier molecular flexibility index (Phi) is 20.2. The number of nitrogens with one attached hydrogen (secondary N) is 4. The third kappa shape index (κ3) is 16.1. The number of carbonyl (C=O) groups is 5. The Bertz CT molecular complexity index is 2400. The molecule has 376 valence electrons. The van der Waals surface area contributed by atoms with Gasteiger partial charge in [-0.15, -0.1) is 11.3 Å². The molecule has 13 nitrogen and oxygen atoms in total. The quantitative estimate of drug-likeness (QED) is 0.0458. The first-order valence-electron chi connectivity index (χ1n) is 25.2. The maximum Gasteiger partial charge on any atom is 0.270 e. The summed E-state index contributed by atoms with van der Waals surface area (Å²) in [6.45, 7) is 8.94. The van der Waals surface area contributed by atoms with E-state index < -0.39 is 23.6 Å². The number of aryl methyl sites for hydroxylation is 1. The number of hydrogen-bond acceptors (Lipinski definition) is 9. The maximum absolute atomic E-state index is 14.0.